The van der Waals surface area contributed by atoms with Gasteiger partial charge in [-0.15, -0.1) is 12.4 Å². The second-order valence-corrected chi connectivity index (χ2v) is 7.33. The van der Waals surface area contributed by atoms with Gasteiger partial charge >= 0.3 is 0 Å². The minimum absolute atomic E-state index is 0. The first-order valence-electron chi connectivity index (χ1n) is 8.04. The summed E-state index contributed by atoms with van der Waals surface area (Å²) in [7, 11) is 0. The van der Waals surface area contributed by atoms with Crippen molar-refractivity contribution in [2.24, 2.45) is 11.3 Å². The van der Waals surface area contributed by atoms with E-state index < -0.39 is 0 Å². The molecule has 0 bridgehead atoms. The van der Waals surface area contributed by atoms with E-state index in [9.17, 15) is 9.18 Å². The largest absolute Gasteiger partial charge is 0.333 e. The van der Waals surface area contributed by atoms with Gasteiger partial charge < -0.3 is 10.2 Å². The van der Waals surface area contributed by atoms with Crippen molar-refractivity contribution in [1.29, 1.82) is 0 Å². The lowest BCUT2D eigenvalue weighted by Gasteiger charge is -2.38. The zero-order valence-electron chi connectivity index (χ0n) is 14.4. The summed E-state index contributed by atoms with van der Waals surface area (Å²) in [5.74, 6) is 0.222. The molecule has 1 aliphatic heterocycles. The van der Waals surface area contributed by atoms with Crippen LogP contribution in [0.5, 0.6) is 0 Å². The Bertz CT molecular complexity index is 530. The van der Waals surface area contributed by atoms with Crippen LogP contribution in [0.15, 0.2) is 24.3 Å². The van der Waals surface area contributed by atoms with E-state index in [1.165, 1.54) is 12.1 Å². The van der Waals surface area contributed by atoms with E-state index in [0.29, 0.717) is 25.4 Å². The summed E-state index contributed by atoms with van der Waals surface area (Å²) in [5, 5.41) is 3.30. The number of benzene rings is 1. The number of amides is 1. The fourth-order valence-corrected chi connectivity index (χ4v) is 2.70. The van der Waals surface area contributed by atoms with Gasteiger partial charge in [0.25, 0.3) is 0 Å². The first kappa shape index (κ1) is 19.9. The molecule has 1 aromatic rings. The van der Waals surface area contributed by atoms with Crippen LogP contribution in [0.4, 0.5) is 4.39 Å². The summed E-state index contributed by atoms with van der Waals surface area (Å²) in [6.45, 7) is 10.8. The van der Waals surface area contributed by atoms with Crippen LogP contribution in [-0.4, -0.2) is 30.4 Å². The van der Waals surface area contributed by atoms with Gasteiger partial charge in [-0.25, -0.2) is 4.39 Å². The molecule has 5 heteroatoms. The molecule has 0 spiro atoms. The molecule has 23 heavy (non-hydrogen) atoms. The molecule has 2 unspecified atom stereocenters. The highest BCUT2D eigenvalue weighted by Gasteiger charge is 2.31. The van der Waals surface area contributed by atoms with Crippen molar-refractivity contribution >= 4 is 18.3 Å². The third-order valence-electron chi connectivity index (χ3n) is 4.76. The molecule has 2 rings (SSSR count). The van der Waals surface area contributed by atoms with Gasteiger partial charge in [-0.2, -0.15) is 0 Å². The van der Waals surface area contributed by atoms with Crippen LogP contribution in [0.3, 0.4) is 0 Å². The maximum absolute atomic E-state index is 13.5. The standard InChI is InChI=1S/C18H27FN2O.ClH/c1-13(18(2,3)4)10-17(22)21-9-8-20-12-16(21)14-6-5-7-15(19)11-14;/h5-7,11,13,16,20H,8-10,12H2,1-4H3;1H. The van der Waals surface area contributed by atoms with Crippen LogP contribution in [0.1, 0.15) is 45.7 Å². The van der Waals surface area contributed by atoms with Gasteiger partial charge in [0.15, 0.2) is 0 Å². The zero-order valence-corrected chi connectivity index (χ0v) is 15.3. The Balaban J connectivity index is 0.00000264. The Hall–Kier alpha value is -1.13. The highest BCUT2D eigenvalue weighted by Crippen LogP contribution is 2.30. The summed E-state index contributed by atoms with van der Waals surface area (Å²) in [6.07, 6.45) is 0.537. The zero-order chi connectivity index (χ0) is 16.3. The molecule has 0 radical (unpaired) electrons. The number of rotatable bonds is 3. The number of carbonyl (C=O) groups is 1. The molecule has 3 nitrogen and oxygen atoms in total. The third kappa shape index (κ3) is 5.18. The molecule has 1 N–H and O–H groups in total. The van der Waals surface area contributed by atoms with Crippen molar-refractivity contribution in [3.8, 4) is 0 Å². The summed E-state index contributed by atoms with van der Waals surface area (Å²) in [5.41, 5.74) is 0.974. The Morgan fingerprint density at radius 1 is 1.43 bits per heavy atom. The van der Waals surface area contributed by atoms with Crippen LogP contribution in [0.25, 0.3) is 0 Å². The van der Waals surface area contributed by atoms with Gasteiger partial charge in [0, 0.05) is 26.1 Å². The van der Waals surface area contributed by atoms with Crippen LogP contribution in [-0.2, 0) is 4.79 Å². The van der Waals surface area contributed by atoms with Crippen LogP contribution in [0, 0.1) is 17.2 Å². The number of piperazine rings is 1. The molecule has 0 aliphatic carbocycles. The van der Waals surface area contributed by atoms with Crippen molar-refractivity contribution in [3.05, 3.63) is 35.6 Å². The van der Waals surface area contributed by atoms with E-state index >= 15 is 0 Å². The second kappa shape index (κ2) is 8.11. The normalized spacial score (nSPS) is 19.9. The second-order valence-electron chi connectivity index (χ2n) is 7.33. The molecule has 1 amide bonds. The average Bonchev–Trinajstić information content (AvgIpc) is 2.46. The molecule has 0 saturated carbocycles. The first-order chi connectivity index (χ1) is 10.3. The molecule has 130 valence electrons. The fraction of sp³-hybridized carbons (Fsp3) is 0.611. The SMILES string of the molecule is CC(CC(=O)N1CCNCC1c1cccc(F)c1)C(C)(C)C.Cl. The highest BCUT2D eigenvalue weighted by atomic mass is 35.5. The van der Waals surface area contributed by atoms with Gasteiger partial charge in [0.05, 0.1) is 6.04 Å². The van der Waals surface area contributed by atoms with E-state index in [0.717, 1.165) is 12.1 Å². The molecule has 2 atom stereocenters. The minimum Gasteiger partial charge on any atom is -0.333 e. The maximum Gasteiger partial charge on any atom is 0.223 e. The number of nitrogens with one attached hydrogen (secondary N) is 1. The van der Waals surface area contributed by atoms with Crippen molar-refractivity contribution < 1.29 is 9.18 Å². The van der Waals surface area contributed by atoms with E-state index in [1.807, 2.05) is 11.0 Å². The van der Waals surface area contributed by atoms with Crippen molar-refractivity contribution in [2.45, 2.75) is 40.2 Å². The third-order valence-corrected chi connectivity index (χ3v) is 4.76. The number of hydrogen-bond acceptors (Lipinski definition) is 2. The lowest BCUT2D eigenvalue weighted by atomic mass is 9.80. The Morgan fingerprint density at radius 2 is 2.13 bits per heavy atom. The summed E-state index contributed by atoms with van der Waals surface area (Å²) in [6, 6.07) is 6.50. The topological polar surface area (TPSA) is 32.3 Å². The molecular weight excluding hydrogens is 315 g/mol. The molecule has 1 fully saturated rings. The molecular formula is C18H28ClFN2O. The Kier molecular flexibility index (Phi) is 7.02. The van der Waals surface area contributed by atoms with Crippen LogP contribution >= 0.6 is 12.4 Å². The predicted octanol–water partition coefficient (Wildman–Crippen LogP) is 3.79. The van der Waals surface area contributed by atoms with E-state index in [2.05, 4.69) is 33.0 Å². The smallest absolute Gasteiger partial charge is 0.223 e. The molecule has 1 aliphatic rings. The minimum atomic E-state index is -0.251. The van der Waals surface area contributed by atoms with Gasteiger partial charge in [-0.05, 0) is 29.0 Å². The van der Waals surface area contributed by atoms with Gasteiger partial charge in [-0.3, -0.25) is 4.79 Å². The molecule has 0 aromatic heterocycles. The lowest BCUT2D eigenvalue weighted by molar-refractivity contribution is -0.136. The molecule has 1 aromatic carbocycles. The Morgan fingerprint density at radius 3 is 2.74 bits per heavy atom. The monoisotopic (exact) mass is 342 g/mol. The molecule has 1 heterocycles. The van der Waals surface area contributed by atoms with E-state index in [-0.39, 0.29) is 35.6 Å². The van der Waals surface area contributed by atoms with Crippen LogP contribution in [0.2, 0.25) is 0 Å². The Labute approximate surface area is 145 Å². The number of carbonyl (C=O) groups excluding carboxylic acids is 1. The summed E-state index contributed by atoms with van der Waals surface area (Å²) in [4.78, 5) is 14.6. The van der Waals surface area contributed by atoms with E-state index in [4.69, 9.17) is 0 Å². The number of nitrogens with zero attached hydrogens (tertiary/aromatic N) is 1. The van der Waals surface area contributed by atoms with Gasteiger partial charge in [0.1, 0.15) is 5.82 Å². The fourth-order valence-electron chi connectivity index (χ4n) is 2.70. The van der Waals surface area contributed by atoms with Crippen molar-refractivity contribution in [2.75, 3.05) is 19.6 Å². The maximum atomic E-state index is 13.5. The lowest BCUT2D eigenvalue weighted by Crippen LogP contribution is -2.49. The molecule has 1 saturated heterocycles. The van der Waals surface area contributed by atoms with Gasteiger partial charge in [-0.1, -0.05) is 39.8 Å². The number of halogens is 2. The predicted molar refractivity (Wildman–Crippen MR) is 94.2 cm³/mol. The average molecular weight is 343 g/mol. The van der Waals surface area contributed by atoms with Gasteiger partial charge in [0.2, 0.25) is 5.91 Å². The van der Waals surface area contributed by atoms with E-state index in [1.54, 1.807) is 6.07 Å². The van der Waals surface area contributed by atoms with Crippen molar-refractivity contribution in [3.63, 3.8) is 0 Å². The van der Waals surface area contributed by atoms with Crippen molar-refractivity contribution in [1.82, 2.24) is 10.2 Å². The summed E-state index contributed by atoms with van der Waals surface area (Å²) >= 11 is 0. The first-order valence-corrected chi connectivity index (χ1v) is 8.04. The van der Waals surface area contributed by atoms with Crippen LogP contribution < -0.4 is 5.32 Å². The summed E-state index contributed by atoms with van der Waals surface area (Å²) < 4.78 is 13.5. The number of hydrogen-bond donors (Lipinski definition) is 1. The quantitative estimate of drug-likeness (QED) is 0.906. The highest BCUT2D eigenvalue weighted by molar-refractivity contribution is 5.85.